The lowest BCUT2D eigenvalue weighted by atomic mass is 10.1. The molecule has 0 aromatic heterocycles. The summed E-state index contributed by atoms with van der Waals surface area (Å²) >= 11 is 0. The number of halogens is 3. The lowest BCUT2D eigenvalue weighted by Crippen LogP contribution is -2.33. The van der Waals surface area contributed by atoms with E-state index in [0.29, 0.717) is 5.56 Å². The maximum atomic E-state index is 12.1. The summed E-state index contributed by atoms with van der Waals surface area (Å²) in [4.78, 5) is 16.7. The number of amides is 2. The highest BCUT2D eigenvalue weighted by atomic mass is 19.4. The van der Waals surface area contributed by atoms with Crippen molar-refractivity contribution in [3.63, 3.8) is 0 Å². The van der Waals surface area contributed by atoms with Crippen LogP contribution in [0.5, 0.6) is 5.75 Å². The van der Waals surface area contributed by atoms with Crippen LogP contribution in [0.25, 0.3) is 0 Å². The minimum atomic E-state index is -4.75. The third-order valence-corrected chi connectivity index (χ3v) is 2.82. The van der Waals surface area contributed by atoms with Gasteiger partial charge in [-0.15, -0.1) is 19.8 Å². The molecule has 1 atom stereocenters. The Morgan fingerprint density at radius 2 is 2.00 bits per heavy atom. The second kappa shape index (κ2) is 5.47. The maximum absolute atomic E-state index is 12.1. The number of nitrogens with two attached hydrogens (primary N) is 1. The summed E-state index contributed by atoms with van der Waals surface area (Å²) in [7, 11) is 0. The number of urea groups is 1. The largest absolute Gasteiger partial charge is 0.573 e. The summed E-state index contributed by atoms with van der Waals surface area (Å²) in [6.45, 7) is 3.77. The average molecular weight is 299 g/mol. The fraction of sp³-hybridized carbons (Fsp3) is 0.231. The van der Waals surface area contributed by atoms with Crippen molar-refractivity contribution < 1.29 is 22.7 Å². The molecule has 1 heterocycles. The van der Waals surface area contributed by atoms with Gasteiger partial charge in [-0.25, -0.2) is 4.79 Å². The molecule has 0 fully saturated rings. The molecule has 1 aliphatic heterocycles. The van der Waals surface area contributed by atoms with E-state index in [9.17, 15) is 18.0 Å². The number of hydrogen-bond acceptors (Lipinski definition) is 3. The number of hydrogen-bond donors (Lipinski definition) is 1. The first-order valence-electron chi connectivity index (χ1n) is 5.93. The van der Waals surface area contributed by atoms with E-state index < -0.39 is 18.4 Å². The molecule has 21 heavy (non-hydrogen) atoms. The quantitative estimate of drug-likeness (QED) is 0.869. The van der Waals surface area contributed by atoms with Crippen LogP contribution in [0, 0.1) is 0 Å². The molecule has 2 rings (SSSR count). The molecule has 1 aliphatic rings. The van der Waals surface area contributed by atoms with Crippen LogP contribution in [-0.4, -0.2) is 29.7 Å². The molecular weight excluding hydrogens is 287 g/mol. The first-order valence-corrected chi connectivity index (χ1v) is 5.93. The van der Waals surface area contributed by atoms with Gasteiger partial charge in [0.25, 0.3) is 0 Å². The predicted molar refractivity (Wildman–Crippen MR) is 69.8 cm³/mol. The number of amidine groups is 1. The van der Waals surface area contributed by atoms with E-state index in [1.54, 1.807) is 0 Å². The van der Waals surface area contributed by atoms with Crippen LogP contribution in [0.2, 0.25) is 0 Å². The van der Waals surface area contributed by atoms with Gasteiger partial charge in [-0.1, -0.05) is 18.2 Å². The summed E-state index contributed by atoms with van der Waals surface area (Å²) in [6, 6.07) is 4.00. The van der Waals surface area contributed by atoms with Crippen molar-refractivity contribution in [3.05, 3.63) is 42.5 Å². The highest BCUT2D eigenvalue weighted by molar-refractivity contribution is 6.03. The maximum Gasteiger partial charge on any atom is 0.573 e. The lowest BCUT2D eigenvalue weighted by Gasteiger charge is -2.23. The first-order chi connectivity index (χ1) is 9.81. The zero-order chi connectivity index (χ0) is 15.6. The van der Waals surface area contributed by atoms with Gasteiger partial charge in [-0.05, 0) is 17.7 Å². The lowest BCUT2D eigenvalue weighted by molar-refractivity contribution is -0.274. The first kappa shape index (κ1) is 14.9. The Morgan fingerprint density at radius 3 is 2.52 bits per heavy atom. The zero-order valence-corrected chi connectivity index (χ0v) is 10.8. The highest BCUT2D eigenvalue weighted by Crippen LogP contribution is 2.29. The van der Waals surface area contributed by atoms with Crippen LogP contribution < -0.4 is 10.5 Å². The van der Waals surface area contributed by atoms with Crippen LogP contribution in [0.15, 0.2) is 41.9 Å². The van der Waals surface area contributed by atoms with E-state index in [4.69, 9.17) is 5.73 Å². The molecule has 2 amide bonds. The number of carbonyl (C=O) groups is 1. The number of alkyl halides is 3. The van der Waals surface area contributed by atoms with Gasteiger partial charge in [-0.2, -0.15) is 4.99 Å². The Bertz CT molecular complexity index is 581. The molecule has 1 aromatic carbocycles. The highest BCUT2D eigenvalue weighted by Gasteiger charge is 2.34. The molecule has 112 valence electrons. The Kier molecular flexibility index (Phi) is 3.88. The van der Waals surface area contributed by atoms with Gasteiger partial charge in [0.2, 0.25) is 0 Å². The molecular formula is C13H12F3N3O2. The summed E-state index contributed by atoms with van der Waals surface area (Å²) in [5, 5.41) is 0. The van der Waals surface area contributed by atoms with Crippen molar-refractivity contribution in [2.24, 2.45) is 10.7 Å². The van der Waals surface area contributed by atoms with E-state index in [2.05, 4.69) is 16.3 Å². The van der Waals surface area contributed by atoms with Crippen LogP contribution in [0.3, 0.4) is 0 Å². The summed E-state index contributed by atoms with van der Waals surface area (Å²) < 4.78 is 40.1. The number of ether oxygens (including phenoxy) is 1. The molecule has 0 bridgehead atoms. The molecule has 8 heteroatoms. The second-order valence-electron chi connectivity index (χ2n) is 4.28. The summed E-state index contributed by atoms with van der Waals surface area (Å²) in [5.74, 6) is -0.257. The third-order valence-electron chi connectivity index (χ3n) is 2.82. The number of rotatable bonds is 4. The Morgan fingerprint density at radius 1 is 1.38 bits per heavy atom. The fourth-order valence-corrected chi connectivity index (χ4v) is 2.03. The number of nitrogens with zero attached hydrogens (tertiary/aromatic N) is 2. The van der Waals surface area contributed by atoms with E-state index in [-0.39, 0.29) is 18.1 Å². The van der Waals surface area contributed by atoms with Gasteiger partial charge < -0.3 is 15.4 Å². The molecule has 5 nitrogen and oxygen atoms in total. The monoisotopic (exact) mass is 299 g/mol. The molecule has 1 unspecified atom stereocenters. The van der Waals surface area contributed by atoms with E-state index in [0.717, 1.165) is 12.1 Å². The number of benzene rings is 1. The standard InChI is InChI=1S/C13H12F3N3O2/c1-2-7-19-10(11(17)18-12(19)20)8-3-5-9(6-4-8)21-13(14,15)16/h2-6,10H,1,7H2,(H2,17,18,20). The fourth-order valence-electron chi connectivity index (χ4n) is 2.03. The van der Waals surface area contributed by atoms with Gasteiger partial charge in [0.15, 0.2) is 0 Å². The third kappa shape index (κ3) is 3.33. The van der Waals surface area contributed by atoms with Gasteiger partial charge >= 0.3 is 12.4 Å². The Balaban J connectivity index is 2.23. The number of carbonyl (C=O) groups excluding carboxylic acids is 1. The molecule has 0 aliphatic carbocycles. The smallest absolute Gasteiger partial charge is 0.406 e. The van der Waals surface area contributed by atoms with Gasteiger partial charge in [0, 0.05) is 6.54 Å². The van der Waals surface area contributed by atoms with E-state index >= 15 is 0 Å². The van der Waals surface area contributed by atoms with Crippen molar-refractivity contribution in [1.29, 1.82) is 0 Å². The Labute approximate surface area is 118 Å². The van der Waals surface area contributed by atoms with Crippen LogP contribution in [-0.2, 0) is 0 Å². The van der Waals surface area contributed by atoms with E-state index in [1.165, 1.54) is 23.1 Å². The molecule has 0 radical (unpaired) electrons. The zero-order valence-electron chi connectivity index (χ0n) is 10.8. The van der Waals surface area contributed by atoms with Gasteiger partial charge in [-0.3, -0.25) is 0 Å². The van der Waals surface area contributed by atoms with Crippen molar-refractivity contribution in [2.75, 3.05) is 6.54 Å². The topological polar surface area (TPSA) is 67.9 Å². The van der Waals surface area contributed by atoms with Crippen LogP contribution in [0.1, 0.15) is 11.6 Å². The van der Waals surface area contributed by atoms with Gasteiger partial charge in [0.05, 0.1) is 0 Å². The molecule has 1 aromatic rings. The number of aliphatic imine (C=N–C) groups is 1. The van der Waals surface area contributed by atoms with Crippen molar-refractivity contribution >= 4 is 11.9 Å². The molecule has 2 N–H and O–H groups in total. The minimum absolute atomic E-state index is 0.0892. The SMILES string of the molecule is C=CCN1C(=O)N=C(N)C1c1ccc(OC(F)(F)F)cc1. The normalized spacial score (nSPS) is 18.6. The molecule has 0 saturated heterocycles. The van der Waals surface area contributed by atoms with Crippen LogP contribution >= 0.6 is 0 Å². The van der Waals surface area contributed by atoms with Crippen molar-refractivity contribution in [3.8, 4) is 5.75 Å². The average Bonchev–Trinajstić information content (AvgIpc) is 2.64. The molecule has 0 saturated carbocycles. The predicted octanol–water partition coefficient (Wildman–Crippen LogP) is 2.61. The molecule has 0 spiro atoms. The summed E-state index contributed by atoms with van der Waals surface area (Å²) in [6.07, 6.45) is -3.24. The van der Waals surface area contributed by atoms with Crippen molar-refractivity contribution in [2.45, 2.75) is 12.4 Å². The second-order valence-corrected chi connectivity index (χ2v) is 4.28. The van der Waals surface area contributed by atoms with Gasteiger partial charge in [0.1, 0.15) is 17.6 Å². The summed E-state index contributed by atoms with van der Waals surface area (Å²) in [5.41, 5.74) is 6.24. The van der Waals surface area contributed by atoms with E-state index in [1.807, 2.05) is 0 Å². The van der Waals surface area contributed by atoms with Crippen molar-refractivity contribution in [1.82, 2.24) is 4.90 Å². The Hall–Kier alpha value is -2.51. The van der Waals surface area contributed by atoms with Crippen LogP contribution in [0.4, 0.5) is 18.0 Å². The minimum Gasteiger partial charge on any atom is -0.406 e.